The van der Waals surface area contributed by atoms with Crippen molar-refractivity contribution in [2.75, 3.05) is 22.5 Å². The van der Waals surface area contributed by atoms with Gasteiger partial charge in [-0.3, -0.25) is 0 Å². The molecule has 0 spiro atoms. The number of urea groups is 2. The van der Waals surface area contributed by atoms with Crippen LogP contribution >= 0.6 is 11.8 Å². The van der Waals surface area contributed by atoms with Crippen molar-refractivity contribution in [2.24, 2.45) is 0 Å². The molecule has 0 radical (unpaired) electrons. The van der Waals surface area contributed by atoms with Crippen LogP contribution in [0.1, 0.15) is 25.3 Å². The van der Waals surface area contributed by atoms with E-state index < -0.39 is 29.3 Å². The lowest BCUT2D eigenvalue weighted by atomic mass is 10.2. The maximum absolute atomic E-state index is 13.9. The third kappa shape index (κ3) is 7.69. The standard InChI is InChI=1S/C26H25F4N5O3S/c1-2-3-12-31-23(36)35-25-34-20-11-9-18(14-22(20)39-25)38-17-7-5-16(6-8-17)32-24(37)33-21-13-15(26(28,29)30)4-10-19(21)27/h4-11,13-14,25,34H,2-3,12H2,1H3,(H2,31,35,36)(H2,32,33,37). The summed E-state index contributed by atoms with van der Waals surface area (Å²) in [6, 6.07) is 12.2. The first-order chi connectivity index (χ1) is 18.6. The number of carbonyl (C=O) groups is 2. The van der Waals surface area contributed by atoms with Crippen LogP contribution < -0.4 is 31.3 Å². The molecule has 0 saturated carbocycles. The Morgan fingerprint density at radius 2 is 1.72 bits per heavy atom. The predicted octanol–water partition coefficient (Wildman–Crippen LogP) is 7.18. The minimum absolute atomic E-state index is 0.250. The molecule has 3 aromatic carbocycles. The van der Waals surface area contributed by atoms with Crippen molar-refractivity contribution < 1.29 is 31.9 Å². The molecule has 3 aromatic rings. The van der Waals surface area contributed by atoms with Gasteiger partial charge in [0, 0.05) is 17.1 Å². The van der Waals surface area contributed by atoms with Crippen molar-refractivity contribution in [1.82, 2.24) is 10.6 Å². The van der Waals surface area contributed by atoms with Gasteiger partial charge in [-0.1, -0.05) is 25.1 Å². The van der Waals surface area contributed by atoms with Crippen molar-refractivity contribution in [3.05, 3.63) is 72.0 Å². The van der Waals surface area contributed by atoms with E-state index in [-0.39, 0.29) is 11.5 Å². The first kappa shape index (κ1) is 27.9. The zero-order valence-corrected chi connectivity index (χ0v) is 21.4. The van der Waals surface area contributed by atoms with Gasteiger partial charge in [-0.15, -0.1) is 0 Å². The molecule has 4 rings (SSSR count). The number of unbranched alkanes of at least 4 members (excludes halogenated alkanes) is 1. The van der Waals surface area contributed by atoms with E-state index in [0.29, 0.717) is 41.9 Å². The molecule has 0 bridgehead atoms. The van der Waals surface area contributed by atoms with E-state index in [0.717, 1.165) is 23.4 Å². The Labute approximate surface area is 225 Å². The third-order valence-corrected chi connectivity index (χ3v) is 6.52. The van der Waals surface area contributed by atoms with Crippen molar-refractivity contribution in [3.63, 3.8) is 0 Å². The number of thioether (sulfide) groups is 1. The van der Waals surface area contributed by atoms with Gasteiger partial charge in [0.15, 0.2) is 5.50 Å². The van der Waals surface area contributed by atoms with Crippen LogP contribution in [0.2, 0.25) is 0 Å². The molecule has 1 aliphatic rings. The normalized spacial score (nSPS) is 14.1. The lowest BCUT2D eigenvalue weighted by Crippen LogP contribution is -2.43. The van der Waals surface area contributed by atoms with Crippen LogP contribution in [0.3, 0.4) is 0 Å². The number of halogens is 4. The molecule has 13 heteroatoms. The van der Waals surface area contributed by atoms with Crippen LogP contribution in [0.5, 0.6) is 11.5 Å². The van der Waals surface area contributed by atoms with E-state index >= 15 is 0 Å². The van der Waals surface area contributed by atoms with Gasteiger partial charge in [-0.25, -0.2) is 14.0 Å². The monoisotopic (exact) mass is 563 g/mol. The zero-order chi connectivity index (χ0) is 28.0. The molecule has 5 N–H and O–H groups in total. The molecular weight excluding hydrogens is 538 g/mol. The molecule has 0 aliphatic carbocycles. The summed E-state index contributed by atoms with van der Waals surface area (Å²) in [4.78, 5) is 25.1. The molecule has 4 amide bonds. The summed E-state index contributed by atoms with van der Waals surface area (Å²) in [5.74, 6) is 0.0160. The second-order valence-electron chi connectivity index (χ2n) is 8.45. The fraction of sp³-hybridized carbons (Fsp3) is 0.231. The Balaban J connectivity index is 1.30. The number of rotatable bonds is 8. The quantitative estimate of drug-likeness (QED) is 0.148. The number of ether oxygens (including phenoxy) is 1. The zero-order valence-electron chi connectivity index (χ0n) is 20.6. The predicted molar refractivity (Wildman–Crippen MR) is 142 cm³/mol. The number of hydrogen-bond donors (Lipinski definition) is 5. The van der Waals surface area contributed by atoms with Gasteiger partial charge in [0.1, 0.15) is 17.3 Å². The Kier molecular flexibility index (Phi) is 8.69. The highest BCUT2D eigenvalue weighted by molar-refractivity contribution is 8.00. The van der Waals surface area contributed by atoms with Crippen molar-refractivity contribution in [3.8, 4) is 11.5 Å². The smallest absolute Gasteiger partial charge is 0.416 e. The van der Waals surface area contributed by atoms with Gasteiger partial charge in [0.25, 0.3) is 0 Å². The Morgan fingerprint density at radius 1 is 0.974 bits per heavy atom. The van der Waals surface area contributed by atoms with E-state index in [2.05, 4.69) is 26.6 Å². The lowest BCUT2D eigenvalue weighted by molar-refractivity contribution is -0.137. The summed E-state index contributed by atoms with van der Waals surface area (Å²) in [6.45, 7) is 2.66. The van der Waals surface area contributed by atoms with Crippen molar-refractivity contribution in [2.45, 2.75) is 36.3 Å². The molecule has 0 aromatic heterocycles. The van der Waals surface area contributed by atoms with Gasteiger partial charge < -0.3 is 31.3 Å². The van der Waals surface area contributed by atoms with Gasteiger partial charge in [0.2, 0.25) is 0 Å². The van der Waals surface area contributed by atoms with Crippen LogP contribution in [0, 0.1) is 5.82 Å². The summed E-state index contributed by atoms with van der Waals surface area (Å²) in [5.41, 5.74) is -0.833. The van der Waals surface area contributed by atoms with Crippen LogP contribution in [0.15, 0.2) is 65.6 Å². The highest BCUT2D eigenvalue weighted by Gasteiger charge is 2.31. The Morgan fingerprint density at radius 3 is 2.44 bits per heavy atom. The molecule has 8 nitrogen and oxygen atoms in total. The minimum atomic E-state index is -4.67. The van der Waals surface area contributed by atoms with Crippen LogP contribution in [-0.4, -0.2) is 24.1 Å². The molecule has 39 heavy (non-hydrogen) atoms. The Hall–Kier alpha value is -4.13. The summed E-state index contributed by atoms with van der Waals surface area (Å²) in [7, 11) is 0. The number of amides is 4. The molecule has 1 aliphatic heterocycles. The second-order valence-corrected chi connectivity index (χ2v) is 9.60. The average Bonchev–Trinajstić information content (AvgIpc) is 3.27. The molecule has 206 valence electrons. The second kappa shape index (κ2) is 12.2. The maximum Gasteiger partial charge on any atom is 0.416 e. The fourth-order valence-electron chi connectivity index (χ4n) is 3.52. The molecule has 1 heterocycles. The number of hydrogen-bond acceptors (Lipinski definition) is 5. The van der Waals surface area contributed by atoms with Crippen LogP contribution in [0.25, 0.3) is 0 Å². The van der Waals surface area contributed by atoms with E-state index in [9.17, 15) is 27.2 Å². The summed E-state index contributed by atoms with van der Waals surface area (Å²) < 4.78 is 58.4. The van der Waals surface area contributed by atoms with Gasteiger partial charge in [-0.2, -0.15) is 13.2 Å². The molecule has 0 fully saturated rings. The summed E-state index contributed by atoms with van der Waals surface area (Å²) in [5, 5.41) is 13.4. The van der Waals surface area contributed by atoms with E-state index in [4.69, 9.17) is 4.74 Å². The SMILES string of the molecule is CCCCNC(=O)NC1Nc2ccc(Oc3ccc(NC(=O)Nc4cc(C(F)(F)F)ccc4F)cc3)cc2S1. The third-order valence-electron chi connectivity index (χ3n) is 5.45. The number of benzene rings is 3. The van der Waals surface area contributed by atoms with Gasteiger partial charge in [0.05, 0.1) is 16.9 Å². The van der Waals surface area contributed by atoms with Gasteiger partial charge in [-0.05, 0) is 67.1 Å². The number of fused-ring (bicyclic) bond motifs is 1. The summed E-state index contributed by atoms with van der Waals surface area (Å²) >= 11 is 1.43. The number of carbonyl (C=O) groups excluding carboxylic acids is 2. The highest BCUT2D eigenvalue weighted by Crippen LogP contribution is 2.40. The largest absolute Gasteiger partial charge is 0.457 e. The lowest BCUT2D eigenvalue weighted by Gasteiger charge is -2.13. The maximum atomic E-state index is 13.9. The topological polar surface area (TPSA) is 104 Å². The molecule has 1 unspecified atom stereocenters. The molecule has 0 saturated heterocycles. The van der Waals surface area contributed by atoms with E-state index in [1.54, 1.807) is 18.2 Å². The number of alkyl halides is 3. The van der Waals surface area contributed by atoms with Gasteiger partial charge >= 0.3 is 18.2 Å². The highest BCUT2D eigenvalue weighted by atomic mass is 32.2. The van der Waals surface area contributed by atoms with E-state index in [1.807, 2.05) is 19.1 Å². The minimum Gasteiger partial charge on any atom is -0.457 e. The van der Waals surface area contributed by atoms with Crippen molar-refractivity contribution >= 4 is 40.9 Å². The van der Waals surface area contributed by atoms with Crippen LogP contribution in [0.4, 0.5) is 44.2 Å². The van der Waals surface area contributed by atoms with Crippen LogP contribution in [-0.2, 0) is 6.18 Å². The molecular formula is C26H25F4N5O3S. The summed E-state index contributed by atoms with van der Waals surface area (Å²) in [6.07, 6.45) is -2.78. The van der Waals surface area contributed by atoms with E-state index in [1.165, 1.54) is 23.9 Å². The van der Waals surface area contributed by atoms with Crippen molar-refractivity contribution in [1.29, 1.82) is 0 Å². The first-order valence-electron chi connectivity index (χ1n) is 11.9. The number of nitrogens with one attached hydrogen (secondary N) is 5. The first-order valence-corrected chi connectivity index (χ1v) is 12.8. The average molecular weight is 564 g/mol. The fourth-order valence-corrected chi connectivity index (χ4v) is 4.56. The molecule has 1 atom stereocenters. The number of anilines is 3. The Bertz CT molecular complexity index is 1340.